The summed E-state index contributed by atoms with van der Waals surface area (Å²) >= 11 is 0. The molecule has 11 heteroatoms. The Labute approximate surface area is 210 Å². The van der Waals surface area contributed by atoms with Gasteiger partial charge in [-0.3, -0.25) is 4.79 Å². The highest BCUT2D eigenvalue weighted by Crippen LogP contribution is 2.37. The van der Waals surface area contributed by atoms with Crippen LogP contribution >= 0.6 is 0 Å². The van der Waals surface area contributed by atoms with E-state index in [1.165, 1.54) is 4.90 Å². The van der Waals surface area contributed by atoms with Crippen molar-refractivity contribution < 1.29 is 40.7 Å². The van der Waals surface area contributed by atoms with Crippen LogP contribution in [0.4, 0.5) is 31.1 Å². The summed E-state index contributed by atoms with van der Waals surface area (Å²) in [5, 5.41) is 2.75. The Morgan fingerprint density at radius 1 is 1.00 bits per heavy atom. The number of benzene rings is 2. The molecule has 3 rings (SSSR count). The van der Waals surface area contributed by atoms with E-state index in [1.54, 1.807) is 18.2 Å². The molecule has 0 spiro atoms. The van der Waals surface area contributed by atoms with Crippen molar-refractivity contribution in [2.45, 2.75) is 57.5 Å². The van der Waals surface area contributed by atoms with Crippen LogP contribution in [-0.4, -0.2) is 42.1 Å². The van der Waals surface area contributed by atoms with E-state index in [9.17, 15) is 35.9 Å². The molecule has 1 fully saturated rings. The highest BCUT2D eigenvalue weighted by molar-refractivity contribution is 5.95. The summed E-state index contributed by atoms with van der Waals surface area (Å²) < 4.78 is 85.2. The minimum atomic E-state index is -5.06. The number of rotatable bonds is 6. The Morgan fingerprint density at radius 2 is 1.59 bits per heavy atom. The molecule has 2 aromatic carbocycles. The quantitative estimate of drug-likeness (QED) is 0.445. The van der Waals surface area contributed by atoms with Gasteiger partial charge >= 0.3 is 18.4 Å². The van der Waals surface area contributed by atoms with Crippen molar-refractivity contribution in [2.75, 3.05) is 13.2 Å². The number of alkyl halides is 6. The predicted octanol–water partition coefficient (Wildman–Crippen LogP) is 6.32. The molecule has 2 aromatic rings. The fraction of sp³-hybridized carbons (Fsp3) is 0.462. The van der Waals surface area contributed by atoms with Gasteiger partial charge in [-0.1, -0.05) is 44.2 Å². The van der Waals surface area contributed by atoms with E-state index in [4.69, 9.17) is 4.74 Å². The largest absolute Gasteiger partial charge is 0.449 e. The average molecular weight is 531 g/mol. The van der Waals surface area contributed by atoms with Crippen molar-refractivity contribution in [3.05, 3.63) is 70.8 Å². The first-order chi connectivity index (χ1) is 17.2. The van der Waals surface area contributed by atoms with E-state index in [0.29, 0.717) is 18.6 Å². The number of carbonyl (C=O) groups is 2. The summed E-state index contributed by atoms with van der Waals surface area (Å²) in [6.45, 7) is 4.01. The molecular weight excluding hydrogens is 502 g/mol. The van der Waals surface area contributed by atoms with Crippen LogP contribution < -0.4 is 5.32 Å². The number of carbonyl (C=O) groups excluding carboxylic acids is 2. The van der Waals surface area contributed by atoms with E-state index >= 15 is 0 Å². The van der Waals surface area contributed by atoms with Crippen LogP contribution in [0.3, 0.4) is 0 Å². The van der Waals surface area contributed by atoms with Gasteiger partial charge < -0.3 is 15.0 Å². The van der Waals surface area contributed by atoms with Crippen LogP contribution in [0, 0.1) is 5.92 Å². The van der Waals surface area contributed by atoms with Crippen LogP contribution in [0.5, 0.6) is 0 Å². The molecule has 0 bridgehead atoms. The van der Waals surface area contributed by atoms with Crippen LogP contribution in [0.15, 0.2) is 48.5 Å². The van der Waals surface area contributed by atoms with Gasteiger partial charge in [-0.25, -0.2) is 4.79 Å². The average Bonchev–Trinajstić information content (AvgIpc) is 2.82. The first kappa shape index (κ1) is 28.3. The standard InChI is InChI=1S/C26H28F6N2O3/c1-16(2)15-37-24(36)33-21-8-9-34(22(14-21)10-17-6-4-3-5-7-17)23(35)18-11-19(25(27,28)29)13-20(12-18)26(30,31)32/h3-7,11-13,16,21-22H,8-10,14-15H2,1-2H3,(H,33,36)/t21-,22+/m0/s1. The molecule has 37 heavy (non-hydrogen) atoms. The molecule has 1 N–H and O–H groups in total. The van der Waals surface area contributed by atoms with E-state index in [-0.39, 0.29) is 44.0 Å². The van der Waals surface area contributed by atoms with Gasteiger partial charge in [0.1, 0.15) is 0 Å². The van der Waals surface area contributed by atoms with Gasteiger partial charge in [-0.2, -0.15) is 26.3 Å². The molecule has 0 aromatic heterocycles. The zero-order valence-electron chi connectivity index (χ0n) is 20.3. The number of piperidine rings is 1. The fourth-order valence-corrected chi connectivity index (χ4v) is 4.22. The highest BCUT2D eigenvalue weighted by atomic mass is 19.4. The molecule has 2 amide bonds. The molecular formula is C26H28F6N2O3. The predicted molar refractivity (Wildman–Crippen MR) is 124 cm³/mol. The van der Waals surface area contributed by atoms with Crippen molar-refractivity contribution in [2.24, 2.45) is 5.92 Å². The lowest BCUT2D eigenvalue weighted by atomic mass is 9.91. The monoisotopic (exact) mass is 530 g/mol. The molecule has 0 unspecified atom stereocenters. The Hall–Kier alpha value is -3.24. The number of likely N-dealkylation sites (tertiary alicyclic amines) is 1. The summed E-state index contributed by atoms with van der Waals surface area (Å²) in [7, 11) is 0. The highest BCUT2D eigenvalue weighted by Gasteiger charge is 2.39. The van der Waals surface area contributed by atoms with Crippen molar-refractivity contribution in [3.63, 3.8) is 0 Å². The van der Waals surface area contributed by atoms with Crippen LogP contribution in [0.25, 0.3) is 0 Å². The third-order valence-electron chi connectivity index (χ3n) is 6.00. The number of alkyl carbamates (subject to hydrolysis) is 1. The van der Waals surface area contributed by atoms with Crippen molar-refractivity contribution in [1.82, 2.24) is 10.2 Å². The van der Waals surface area contributed by atoms with Gasteiger partial charge in [0.05, 0.1) is 17.7 Å². The van der Waals surface area contributed by atoms with Gasteiger partial charge in [0.25, 0.3) is 5.91 Å². The van der Waals surface area contributed by atoms with E-state index in [0.717, 1.165) is 5.56 Å². The third-order valence-corrected chi connectivity index (χ3v) is 6.00. The summed E-state index contributed by atoms with van der Waals surface area (Å²) in [5.41, 5.74) is -2.96. The van der Waals surface area contributed by atoms with E-state index < -0.39 is 47.1 Å². The second kappa shape index (κ2) is 11.4. The molecule has 0 aliphatic carbocycles. The lowest BCUT2D eigenvalue weighted by Crippen LogP contribution is -2.53. The van der Waals surface area contributed by atoms with Gasteiger partial charge in [-0.05, 0) is 48.9 Å². The van der Waals surface area contributed by atoms with E-state index in [2.05, 4.69) is 5.32 Å². The van der Waals surface area contributed by atoms with Gasteiger partial charge in [0.2, 0.25) is 0 Å². The molecule has 1 heterocycles. The first-order valence-electron chi connectivity index (χ1n) is 11.8. The maximum absolute atomic E-state index is 13.3. The number of nitrogens with zero attached hydrogens (tertiary/aromatic N) is 1. The molecule has 202 valence electrons. The molecule has 0 saturated carbocycles. The normalized spacial score (nSPS) is 18.6. The van der Waals surface area contributed by atoms with Crippen LogP contribution in [0.2, 0.25) is 0 Å². The summed E-state index contributed by atoms with van der Waals surface area (Å²) in [4.78, 5) is 26.8. The van der Waals surface area contributed by atoms with Gasteiger partial charge in [-0.15, -0.1) is 0 Å². The lowest BCUT2D eigenvalue weighted by Gasteiger charge is -2.40. The molecule has 5 nitrogen and oxygen atoms in total. The number of hydrogen-bond acceptors (Lipinski definition) is 3. The van der Waals surface area contributed by atoms with Gasteiger partial charge in [0.15, 0.2) is 0 Å². The minimum absolute atomic E-state index is 0.00282. The van der Waals surface area contributed by atoms with Crippen molar-refractivity contribution in [3.8, 4) is 0 Å². The minimum Gasteiger partial charge on any atom is -0.449 e. The van der Waals surface area contributed by atoms with Crippen molar-refractivity contribution in [1.29, 1.82) is 0 Å². The zero-order valence-corrected chi connectivity index (χ0v) is 20.3. The van der Waals surface area contributed by atoms with E-state index in [1.807, 2.05) is 26.0 Å². The first-order valence-corrected chi connectivity index (χ1v) is 11.8. The summed E-state index contributed by atoms with van der Waals surface area (Å²) in [6, 6.07) is 8.91. The maximum Gasteiger partial charge on any atom is 0.416 e. The number of amides is 2. The van der Waals surface area contributed by atoms with Crippen LogP contribution in [0.1, 0.15) is 53.7 Å². The Kier molecular flexibility index (Phi) is 8.76. The topological polar surface area (TPSA) is 58.6 Å². The fourth-order valence-electron chi connectivity index (χ4n) is 4.22. The number of hydrogen-bond donors (Lipinski definition) is 1. The molecule has 1 saturated heterocycles. The third kappa shape index (κ3) is 7.87. The number of halogens is 6. The van der Waals surface area contributed by atoms with Crippen molar-refractivity contribution >= 4 is 12.0 Å². The number of nitrogens with one attached hydrogen (secondary N) is 1. The molecule has 0 radical (unpaired) electrons. The molecule has 1 aliphatic heterocycles. The Morgan fingerprint density at radius 3 is 2.14 bits per heavy atom. The SMILES string of the molecule is CC(C)COC(=O)N[C@H]1CCN(C(=O)c2cc(C(F)(F)F)cc(C(F)(F)F)c2)[C@H](Cc2ccccc2)C1. The second-order valence-electron chi connectivity index (χ2n) is 9.49. The van der Waals surface area contributed by atoms with Crippen LogP contribution in [-0.2, 0) is 23.5 Å². The second-order valence-corrected chi connectivity index (χ2v) is 9.49. The molecule has 2 atom stereocenters. The smallest absolute Gasteiger partial charge is 0.416 e. The summed E-state index contributed by atoms with van der Waals surface area (Å²) in [5.74, 6) is -0.802. The summed E-state index contributed by atoms with van der Waals surface area (Å²) in [6.07, 6.45) is -9.93. The Bertz CT molecular complexity index is 1050. The van der Waals surface area contributed by atoms with Gasteiger partial charge in [0, 0.05) is 24.2 Å². The Balaban J connectivity index is 1.88. The zero-order chi connectivity index (χ0) is 27.4. The lowest BCUT2D eigenvalue weighted by molar-refractivity contribution is -0.143. The maximum atomic E-state index is 13.3. The number of ether oxygens (including phenoxy) is 1. The molecule has 1 aliphatic rings.